The monoisotopic (exact) mass is 460 g/mol. The fourth-order valence-electron chi connectivity index (χ4n) is 2.94. The first-order valence-electron chi connectivity index (χ1n) is 9.62. The third-order valence-corrected chi connectivity index (χ3v) is 6.70. The normalized spacial score (nSPS) is 11.2. The fourth-order valence-corrected chi connectivity index (χ4v) is 4.49. The number of nitrogens with one attached hydrogen (secondary N) is 1. The second kappa shape index (κ2) is 9.94. The lowest BCUT2D eigenvalue weighted by Gasteiger charge is -2.24. The maximum absolute atomic E-state index is 13.3. The van der Waals surface area contributed by atoms with E-state index in [2.05, 4.69) is 5.32 Å². The molecule has 0 bridgehead atoms. The Kier molecular flexibility index (Phi) is 7.30. The SMILES string of the molecule is Cc1ccc(N(CC(=O)NCCc2ccc(F)cc2)S(=O)(=O)c2ccc(Cl)cc2)cc1. The molecule has 0 fully saturated rings. The molecule has 3 rings (SSSR count). The molecule has 3 aromatic rings. The molecule has 0 aliphatic heterocycles. The van der Waals surface area contributed by atoms with E-state index in [1.54, 1.807) is 36.4 Å². The molecule has 162 valence electrons. The molecule has 31 heavy (non-hydrogen) atoms. The minimum atomic E-state index is -3.99. The van der Waals surface area contributed by atoms with Gasteiger partial charge in [0.05, 0.1) is 10.6 Å². The Hall–Kier alpha value is -2.90. The number of halogens is 2. The van der Waals surface area contributed by atoms with Crippen molar-refractivity contribution in [1.82, 2.24) is 5.32 Å². The smallest absolute Gasteiger partial charge is 0.264 e. The molecule has 0 saturated carbocycles. The van der Waals surface area contributed by atoms with E-state index in [-0.39, 0.29) is 17.3 Å². The van der Waals surface area contributed by atoms with Gasteiger partial charge in [-0.3, -0.25) is 9.10 Å². The summed E-state index contributed by atoms with van der Waals surface area (Å²) in [5.41, 5.74) is 2.22. The van der Waals surface area contributed by atoms with Crippen LogP contribution in [0.5, 0.6) is 0 Å². The van der Waals surface area contributed by atoms with E-state index in [0.29, 0.717) is 23.7 Å². The third kappa shape index (κ3) is 6.06. The van der Waals surface area contributed by atoms with Gasteiger partial charge in [0.15, 0.2) is 0 Å². The summed E-state index contributed by atoms with van der Waals surface area (Å²) in [6.07, 6.45) is 0.500. The summed E-state index contributed by atoms with van der Waals surface area (Å²) >= 11 is 5.88. The number of aryl methyl sites for hydroxylation is 1. The number of benzene rings is 3. The summed E-state index contributed by atoms with van der Waals surface area (Å²) in [7, 11) is -3.99. The highest BCUT2D eigenvalue weighted by Crippen LogP contribution is 2.25. The van der Waals surface area contributed by atoms with Crippen LogP contribution in [0.15, 0.2) is 77.7 Å². The Morgan fingerprint density at radius 3 is 2.19 bits per heavy atom. The van der Waals surface area contributed by atoms with Gasteiger partial charge in [0.25, 0.3) is 10.0 Å². The molecule has 0 radical (unpaired) electrons. The van der Waals surface area contributed by atoms with E-state index in [1.165, 1.54) is 36.4 Å². The van der Waals surface area contributed by atoms with Crippen LogP contribution < -0.4 is 9.62 Å². The van der Waals surface area contributed by atoms with Crippen molar-refractivity contribution in [1.29, 1.82) is 0 Å². The van der Waals surface area contributed by atoms with Crippen molar-refractivity contribution >= 4 is 33.2 Å². The molecule has 0 heterocycles. The molecule has 0 unspecified atom stereocenters. The lowest BCUT2D eigenvalue weighted by molar-refractivity contribution is -0.119. The van der Waals surface area contributed by atoms with Crippen LogP contribution in [-0.2, 0) is 21.2 Å². The Balaban J connectivity index is 1.76. The van der Waals surface area contributed by atoms with Crippen LogP contribution in [0.4, 0.5) is 10.1 Å². The quantitative estimate of drug-likeness (QED) is 0.543. The molecule has 0 atom stereocenters. The predicted molar refractivity (Wildman–Crippen MR) is 120 cm³/mol. The molecule has 0 aliphatic rings. The molecule has 0 saturated heterocycles. The van der Waals surface area contributed by atoms with E-state index in [1.807, 2.05) is 6.92 Å². The van der Waals surface area contributed by atoms with Crippen LogP contribution in [0.2, 0.25) is 5.02 Å². The van der Waals surface area contributed by atoms with Gasteiger partial charge in [-0.05, 0) is 67.4 Å². The number of hydrogen-bond donors (Lipinski definition) is 1. The fraction of sp³-hybridized carbons (Fsp3) is 0.174. The molecule has 1 N–H and O–H groups in total. The van der Waals surface area contributed by atoms with Gasteiger partial charge in [-0.15, -0.1) is 0 Å². The maximum atomic E-state index is 13.3. The number of anilines is 1. The molecule has 1 amide bonds. The van der Waals surface area contributed by atoms with E-state index in [4.69, 9.17) is 11.6 Å². The molecular formula is C23H22ClFN2O3S. The van der Waals surface area contributed by atoms with Crippen molar-refractivity contribution in [2.75, 3.05) is 17.4 Å². The summed E-state index contributed by atoms with van der Waals surface area (Å²) in [4.78, 5) is 12.6. The predicted octanol–water partition coefficient (Wildman–Crippen LogP) is 4.34. The zero-order valence-corrected chi connectivity index (χ0v) is 18.5. The average Bonchev–Trinajstić information content (AvgIpc) is 2.74. The van der Waals surface area contributed by atoms with E-state index in [9.17, 15) is 17.6 Å². The summed E-state index contributed by atoms with van der Waals surface area (Å²) in [6, 6.07) is 18.7. The number of carbonyl (C=O) groups is 1. The van der Waals surface area contributed by atoms with Gasteiger partial charge in [-0.1, -0.05) is 41.4 Å². The lowest BCUT2D eigenvalue weighted by Crippen LogP contribution is -2.41. The maximum Gasteiger partial charge on any atom is 0.264 e. The standard InChI is InChI=1S/C23H22ClFN2O3S/c1-17-2-10-21(11-3-17)27(31(29,30)22-12-6-19(24)7-13-22)16-23(28)26-15-14-18-4-8-20(25)9-5-18/h2-13H,14-16H2,1H3,(H,26,28). The molecule has 0 aromatic heterocycles. The zero-order chi connectivity index (χ0) is 22.4. The van der Waals surface area contributed by atoms with Crippen molar-refractivity contribution in [2.45, 2.75) is 18.2 Å². The molecule has 5 nitrogen and oxygen atoms in total. The van der Waals surface area contributed by atoms with Gasteiger partial charge in [-0.2, -0.15) is 0 Å². The summed E-state index contributed by atoms with van der Waals surface area (Å²) in [6.45, 7) is 1.81. The van der Waals surface area contributed by atoms with Crippen LogP contribution >= 0.6 is 11.6 Å². The van der Waals surface area contributed by atoms with E-state index in [0.717, 1.165) is 15.4 Å². The Labute approximate surface area is 186 Å². The number of carbonyl (C=O) groups excluding carboxylic acids is 1. The summed E-state index contributed by atoms with van der Waals surface area (Å²) in [5.74, 6) is -0.769. The Morgan fingerprint density at radius 2 is 1.58 bits per heavy atom. The van der Waals surface area contributed by atoms with Gasteiger partial charge in [0.1, 0.15) is 12.4 Å². The topological polar surface area (TPSA) is 66.5 Å². The second-order valence-corrected chi connectivity index (χ2v) is 9.33. The van der Waals surface area contributed by atoms with Crippen LogP contribution in [0, 0.1) is 12.7 Å². The number of amides is 1. The number of nitrogens with zero attached hydrogens (tertiary/aromatic N) is 1. The van der Waals surface area contributed by atoms with Crippen molar-refractivity contribution in [3.63, 3.8) is 0 Å². The molecule has 0 aliphatic carbocycles. The van der Waals surface area contributed by atoms with E-state index < -0.39 is 15.9 Å². The van der Waals surface area contributed by atoms with Crippen molar-refractivity contribution in [2.24, 2.45) is 0 Å². The zero-order valence-electron chi connectivity index (χ0n) is 16.9. The first-order valence-corrected chi connectivity index (χ1v) is 11.4. The molecule has 8 heteroatoms. The van der Waals surface area contributed by atoms with Crippen molar-refractivity contribution < 1.29 is 17.6 Å². The van der Waals surface area contributed by atoms with Gasteiger partial charge < -0.3 is 5.32 Å². The summed E-state index contributed by atoms with van der Waals surface area (Å²) < 4.78 is 40.6. The lowest BCUT2D eigenvalue weighted by atomic mass is 10.1. The van der Waals surface area contributed by atoms with Crippen LogP contribution in [0.3, 0.4) is 0 Å². The van der Waals surface area contributed by atoms with Gasteiger partial charge in [0.2, 0.25) is 5.91 Å². The van der Waals surface area contributed by atoms with E-state index >= 15 is 0 Å². The van der Waals surface area contributed by atoms with Crippen LogP contribution in [-0.4, -0.2) is 27.4 Å². The minimum absolute atomic E-state index is 0.0385. The number of sulfonamides is 1. The first-order chi connectivity index (χ1) is 14.8. The van der Waals surface area contributed by atoms with Crippen LogP contribution in [0.25, 0.3) is 0 Å². The first kappa shape index (κ1) is 22.8. The molecular weight excluding hydrogens is 439 g/mol. The van der Waals surface area contributed by atoms with Crippen LogP contribution in [0.1, 0.15) is 11.1 Å². The van der Waals surface area contributed by atoms with Gasteiger partial charge >= 0.3 is 0 Å². The summed E-state index contributed by atoms with van der Waals surface area (Å²) in [5, 5.41) is 3.15. The third-order valence-electron chi connectivity index (χ3n) is 4.66. The highest BCUT2D eigenvalue weighted by atomic mass is 35.5. The number of rotatable bonds is 8. The number of hydrogen-bond acceptors (Lipinski definition) is 3. The van der Waals surface area contributed by atoms with Gasteiger partial charge in [-0.25, -0.2) is 12.8 Å². The Morgan fingerprint density at radius 1 is 0.968 bits per heavy atom. The minimum Gasteiger partial charge on any atom is -0.354 e. The highest BCUT2D eigenvalue weighted by Gasteiger charge is 2.27. The largest absolute Gasteiger partial charge is 0.354 e. The average molecular weight is 461 g/mol. The van der Waals surface area contributed by atoms with Gasteiger partial charge in [0, 0.05) is 11.6 Å². The molecule has 0 spiro atoms. The van der Waals surface area contributed by atoms with Crippen molar-refractivity contribution in [3.8, 4) is 0 Å². The van der Waals surface area contributed by atoms with Crippen molar-refractivity contribution in [3.05, 3.63) is 94.8 Å². The highest BCUT2D eigenvalue weighted by molar-refractivity contribution is 7.92. The second-order valence-electron chi connectivity index (χ2n) is 7.03. The Bertz CT molecular complexity index is 1130. The molecule has 3 aromatic carbocycles.